The molecule has 0 saturated carbocycles. The van der Waals surface area contributed by atoms with Crippen LogP contribution in [0.1, 0.15) is 37.9 Å². The normalized spacial score (nSPS) is 14.1. The van der Waals surface area contributed by atoms with Crippen molar-refractivity contribution in [3.05, 3.63) is 35.4 Å². The molecule has 1 aromatic rings. The van der Waals surface area contributed by atoms with Crippen LogP contribution >= 0.6 is 0 Å². The fourth-order valence-electron chi connectivity index (χ4n) is 1.78. The summed E-state index contributed by atoms with van der Waals surface area (Å²) in [6.07, 6.45) is -4.39. The Labute approximate surface area is 116 Å². The molecule has 1 atom stereocenters. The van der Waals surface area contributed by atoms with Crippen molar-refractivity contribution in [3.63, 3.8) is 0 Å². The average Bonchev–Trinajstić information content (AvgIpc) is 2.26. The molecule has 0 aliphatic heterocycles. The maximum Gasteiger partial charge on any atom is 0.401 e. The summed E-state index contributed by atoms with van der Waals surface area (Å²) in [5, 5.41) is 2.13. The van der Waals surface area contributed by atoms with E-state index in [1.54, 1.807) is 24.3 Å². The molecule has 3 nitrogen and oxygen atoms in total. The number of alkyl halides is 3. The lowest BCUT2D eigenvalue weighted by atomic mass is 9.86. The number of halogens is 3. The van der Waals surface area contributed by atoms with Gasteiger partial charge in [-0.2, -0.15) is 13.2 Å². The molecule has 1 aromatic carbocycles. The smallest absolute Gasteiger partial charge is 0.368 e. The Kier molecular flexibility index (Phi) is 4.81. The first-order valence-electron chi connectivity index (χ1n) is 6.20. The fourth-order valence-corrected chi connectivity index (χ4v) is 1.78. The van der Waals surface area contributed by atoms with Crippen LogP contribution in [0, 0.1) is 0 Å². The summed E-state index contributed by atoms with van der Waals surface area (Å²) in [7, 11) is 0. The summed E-state index contributed by atoms with van der Waals surface area (Å²) < 4.78 is 36.6. The molecular formula is C14H19F3N2O. The Morgan fingerprint density at radius 3 is 2.05 bits per heavy atom. The van der Waals surface area contributed by atoms with Crippen LogP contribution in [0.5, 0.6) is 0 Å². The topological polar surface area (TPSA) is 55.1 Å². The zero-order valence-electron chi connectivity index (χ0n) is 11.7. The molecule has 0 spiro atoms. The maximum atomic E-state index is 12.2. The molecule has 0 bridgehead atoms. The monoisotopic (exact) mass is 288 g/mol. The van der Waals surface area contributed by atoms with E-state index < -0.39 is 24.7 Å². The van der Waals surface area contributed by atoms with Gasteiger partial charge in [0.05, 0.1) is 6.54 Å². The lowest BCUT2D eigenvalue weighted by Crippen LogP contribution is -2.39. The predicted molar refractivity (Wildman–Crippen MR) is 71.1 cm³/mol. The van der Waals surface area contributed by atoms with Crippen LogP contribution in [0.2, 0.25) is 0 Å². The minimum Gasteiger partial charge on any atom is -0.368 e. The van der Waals surface area contributed by atoms with E-state index >= 15 is 0 Å². The molecule has 0 aliphatic carbocycles. The molecule has 20 heavy (non-hydrogen) atoms. The number of rotatable bonds is 4. The van der Waals surface area contributed by atoms with E-state index in [1.165, 1.54) is 0 Å². The third-order valence-corrected chi connectivity index (χ3v) is 2.90. The number of hydrogen-bond acceptors (Lipinski definition) is 2. The lowest BCUT2D eigenvalue weighted by Gasteiger charge is -2.21. The third kappa shape index (κ3) is 4.85. The number of nitrogens with one attached hydrogen (secondary N) is 1. The van der Waals surface area contributed by atoms with Gasteiger partial charge in [0.1, 0.15) is 6.04 Å². The van der Waals surface area contributed by atoms with Crippen molar-refractivity contribution in [1.82, 2.24) is 5.32 Å². The minimum atomic E-state index is -4.39. The summed E-state index contributed by atoms with van der Waals surface area (Å²) in [4.78, 5) is 11.3. The quantitative estimate of drug-likeness (QED) is 0.895. The van der Waals surface area contributed by atoms with Gasteiger partial charge in [-0.15, -0.1) is 0 Å². The van der Waals surface area contributed by atoms with E-state index in [2.05, 4.69) is 5.32 Å². The molecular weight excluding hydrogens is 269 g/mol. The molecule has 0 aromatic heterocycles. The van der Waals surface area contributed by atoms with Gasteiger partial charge >= 0.3 is 6.18 Å². The summed E-state index contributed by atoms with van der Waals surface area (Å²) in [5.41, 5.74) is 6.54. The number of carbonyl (C=O) groups is 1. The van der Waals surface area contributed by atoms with Gasteiger partial charge in [-0.3, -0.25) is 10.1 Å². The molecule has 6 heteroatoms. The van der Waals surface area contributed by atoms with Crippen molar-refractivity contribution >= 4 is 5.91 Å². The van der Waals surface area contributed by atoms with Crippen LogP contribution in [0.3, 0.4) is 0 Å². The lowest BCUT2D eigenvalue weighted by molar-refractivity contribution is -0.130. The predicted octanol–water partition coefficient (Wildman–Crippen LogP) is 2.66. The van der Waals surface area contributed by atoms with Gasteiger partial charge in [-0.1, -0.05) is 45.0 Å². The number of nitrogens with two attached hydrogens (primary N) is 1. The highest BCUT2D eigenvalue weighted by molar-refractivity contribution is 5.81. The van der Waals surface area contributed by atoms with E-state index in [4.69, 9.17) is 5.73 Å². The van der Waals surface area contributed by atoms with Crippen molar-refractivity contribution in [2.75, 3.05) is 6.54 Å². The highest BCUT2D eigenvalue weighted by Crippen LogP contribution is 2.24. The van der Waals surface area contributed by atoms with Gasteiger partial charge in [0.15, 0.2) is 0 Å². The molecule has 1 unspecified atom stereocenters. The van der Waals surface area contributed by atoms with Crippen LogP contribution in [0.15, 0.2) is 24.3 Å². The fraction of sp³-hybridized carbons (Fsp3) is 0.500. The maximum absolute atomic E-state index is 12.2. The van der Waals surface area contributed by atoms with E-state index in [0.717, 1.165) is 5.56 Å². The molecule has 0 radical (unpaired) electrons. The van der Waals surface area contributed by atoms with E-state index in [0.29, 0.717) is 5.56 Å². The number of primary amides is 1. The molecule has 0 aliphatic rings. The summed E-state index contributed by atoms with van der Waals surface area (Å²) >= 11 is 0. The standard InChI is InChI=1S/C14H19F3N2O/c1-13(2,3)10-6-4-9(5-7-10)11(12(18)20)19-8-14(15,16)17/h4-7,11,19H,8H2,1-3H3,(H2,18,20). The molecule has 0 heterocycles. The van der Waals surface area contributed by atoms with E-state index in [-0.39, 0.29) is 5.41 Å². The molecule has 0 saturated heterocycles. The first-order chi connectivity index (χ1) is 9.00. The van der Waals surface area contributed by atoms with Crippen LogP contribution in [0.25, 0.3) is 0 Å². The molecule has 112 valence electrons. The highest BCUT2D eigenvalue weighted by Gasteiger charge is 2.30. The molecule has 0 fully saturated rings. The van der Waals surface area contributed by atoms with Gasteiger partial charge in [-0.25, -0.2) is 0 Å². The second-order valence-electron chi connectivity index (χ2n) is 5.70. The van der Waals surface area contributed by atoms with Crippen molar-refractivity contribution in [3.8, 4) is 0 Å². The van der Waals surface area contributed by atoms with Crippen molar-refractivity contribution in [2.24, 2.45) is 5.73 Å². The minimum absolute atomic E-state index is 0.0693. The van der Waals surface area contributed by atoms with Crippen LogP contribution in [-0.2, 0) is 10.2 Å². The van der Waals surface area contributed by atoms with Crippen molar-refractivity contribution < 1.29 is 18.0 Å². The zero-order chi connectivity index (χ0) is 15.6. The highest BCUT2D eigenvalue weighted by atomic mass is 19.4. The van der Waals surface area contributed by atoms with Crippen LogP contribution < -0.4 is 11.1 Å². The van der Waals surface area contributed by atoms with Crippen LogP contribution in [-0.4, -0.2) is 18.6 Å². The third-order valence-electron chi connectivity index (χ3n) is 2.90. The van der Waals surface area contributed by atoms with Gasteiger partial charge in [0, 0.05) is 0 Å². The van der Waals surface area contributed by atoms with Gasteiger partial charge in [0.2, 0.25) is 5.91 Å². The van der Waals surface area contributed by atoms with Gasteiger partial charge in [0.25, 0.3) is 0 Å². The van der Waals surface area contributed by atoms with Crippen molar-refractivity contribution in [1.29, 1.82) is 0 Å². The molecule has 1 rings (SSSR count). The Balaban J connectivity index is 2.91. The van der Waals surface area contributed by atoms with E-state index in [1.807, 2.05) is 20.8 Å². The van der Waals surface area contributed by atoms with Gasteiger partial charge in [-0.05, 0) is 16.5 Å². The Morgan fingerprint density at radius 2 is 1.70 bits per heavy atom. The second-order valence-corrected chi connectivity index (χ2v) is 5.70. The van der Waals surface area contributed by atoms with Crippen molar-refractivity contribution in [2.45, 2.75) is 38.4 Å². The Morgan fingerprint density at radius 1 is 1.20 bits per heavy atom. The number of hydrogen-bond donors (Lipinski definition) is 2. The average molecular weight is 288 g/mol. The number of benzene rings is 1. The zero-order valence-corrected chi connectivity index (χ0v) is 11.7. The Hall–Kier alpha value is -1.56. The number of carbonyl (C=O) groups excluding carboxylic acids is 1. The largest absolute Gasteiger partial charge is 0.401 e. The summed E-state index contributed by atoms with van der Waals surface area (Å²) in [6.45, 7) is 4.81. The van der Waals surface area contributed by atoms with Crippen LogP contribution in [0.4, 0.5) is 13.2 Å². The Bertz CT molecular complexity index is 461. The number of amides is 1. The van der Waals surface area contributed by atoms with Gasteiger partial charge < -0.3 is 5.73 Å². The first-order valence-corrected chi connectivity index (χ1v) is 6.20. The summed E-state index contributed by atoms with van der Waals surface area (Å²) in [5.74, 6) is -0.835. The first kappa shape index (κ1) is 16.5. The molecule has 1 amide bonds. The van der Waals surface area contributed by atoms with E-state index in [9.17, 15) is 18.0 Å². The SMILES string of the molecule is CC(C)(C)c1ccc(C(NCC(F)(F)F)C(N)=O)cc1. The second kappa shape index (κ2) is 5.83. The summed E-state index contributed by atoms with van der Waals surface area (Å²) in [6, 6.07) is 5.69. The molecule has 3 N–H and O–H groups in total.